The molecule has 3 rings (SSSR count). The number of aromatic nitrogens is 2. The third-order valence-corrected chi connectivity index (χ3v) is 3.30. The lowest BCUT2D eigenvalue weighted by atomic mass is 10.3. The highest BCUT2D eigenvalue weighted by molar-refractivity contribution is 7.16. The number of fused-ring (bicyclic) bond motifs is 1. The molecule has 7 heteroatoms. The minimum atomic E-state index is 0.402. The van der Waals surface area contributed by atoms with Gasteiger partial charge < -0.3 is 9.73 Å². The summed E-state index contributed by atoms with van der Waals surface area (Å²) in [7, 11) is 0. The Balaban J connectivity index is 1.92. The molecule has 0 unspecified atom stereocenters. The second-order valence-corrected chi connectivity index (χ2v) is 4.56. The quantitative estimate of drug-likeness (QED) is 0.492. The zero-order valence-electron chi connectivity index (χ0n) is 9.38. The van der Waals surface area contributed by atoms with Crippen LogP contribution in [-0.4, -0.2) is 9.97 Å². The molecule has 0 radical (unpaired) electrons. The van der Waals surface area contributed by atoms with Gasteiger partial charge in [-0.25, -0.2) is 10.8 Å². The molecule has 0 aliphatic rings. The highest BCUT2D eigenvalue weighted by atomic mass is 32.1. The Morgan fingerprint density at radius 2 is 2.28 bits per heavy atom. The molecule has 0 aromatic carbocycles. The summed E-state index contributed by atoms with van der Waals surface area (Å²) in [5.74, 6) is 6.52. The number of thiophene rings is 1. The molecule has 0 bridgehead atoms. The van der Waals surface area contributed by atoms with Gasteiger partial charge in [0.15, 0.2) is 0 Å². The van der Waals surface area contributed by atoms with Crippen molar-refractivity contribution in [1.29, 1.82) is 0 Å². The highest BCUT2D eigenvalue weighted by Crippen LogP contribution is 2.26. The summed E-state index contributed by atoms with van der Waals surface area (Å²) in [5.41, 5.74) is 3.52. The number of nitrogens with zero attached hydrogens (tertiary/aromatic N) is 2. The van der Waals surface area contributed by atoms with Gasteiger partial charge in [-0.2, -0.15) is 4.98 Å². The van der Waals surface area contributed by atoms with Gasteiger partial charge >= 0.3 is 0 Å². The van der Waals surface area contributed by atoms with Crippen LogP contribution < -0.4 is 16.6 Å². The van der Waals surface area contributed by atoms with Crippen molar-refractivity contribution in [2.45, 2.75) is 6.54 Å². The fourth-order valence-corrected chi connectivity index (χ4v) is 2.40. The molecule has 0 spiro atoms. The smallest absolute Gasteiger partial charge is 0.240 e. The van der Waals surface area contributed by atoms with E-state index >= 15 is 0 Å². The fourth-order valence-electron chi connectivity index (χ4n) is 1.63. The lowest BCUT2D eigenvalue weighted by Gasteiger charge is -2.07. The van der Waals surface area contributed by atoms with Crippen molar-refractivity contribution in [3.8, 4) is 0 Å². The number of anilines is 2. The minimum Gasteiger partial charge on any atom is -0.472 e. The number of hydrogen-bond acceptors (Lipinski definition) is 7. The van der Waals surface area contributed by atoms with Gasteiger partial charge in [-0.3, -0.25) is 5.43 Å². The molecule has 6 nitrogen and oxygen atoms in total. The van der Waals surface area contributed by atoms with E-state index in [1.165, 1.54) is 0 Å². The predicted octanol–water partition coefficient (Wildman–Crippen LogP) is 2.18. The Morgan fingerprint density at radius 3 is 3.06 bits per heavy atom. The van der Waals surface area contributed by atoms with Crippen molar-refractivity contribution in [2.75, 3.05) is 10.7 Å². The Kier molecular flexibility index (Phi) is 2.83. The number of rotatable bonds is 4. The van der Waals surface area contributed by atoms with E-state index in [1.54, 1.807) is 23.9 Å². The van der Waals surface area contributed by atoms with E-state index in [0.29, 0.717) is 12.5 Å². The third-order valence-electron chi connectivity index (χ3n) is 2.49. The van der Waals surface area contributed by atoms with Crippen LogP contribution in [-0.2, 0) is 6.54 Å². The monoisotopic (exact) mass is 261 g/mol. The second kappa shape index (κ2) is 4.63. The van der Waals surface area contributed by atoms with E-state index in [1.807, 2.05) is 17.5 Å². The summed E-state index contributed by atoms with van der Waals surface area (Å²) in [6.07, 6.45) is 3.34. The second-order valence-electron chi connectivity index (χ2n) is 3.66. The lowest BCUT2D eigenvalue weighted by molar-refractivity contribution is 0.564. The molecule has 3 heterocycles. The summed E-state index contributed by atoms with van der Waals surface area (Å²) < 4.78 is 5.02. The van der Waals surface area contributed by atoms with Crippen LogP contribution in [0.15, 0.2) is 34.5 Å². The van der Waals surface area contributed by atoms with E-state index in [9.17, 15) is 0 Å². The van der Waals surface area contributed by atoms with Crippen molar-refractivity contribution in [2.24, 2.45) is 5.84 Å². The predicted molar refractivity (Wildman–Crippen MR) is 71.3 cm³/mol. The Morgan fingerprint density at radius 1 is 1.33 bits per heavy atom. The largest absolute Gasteiger partial charge is 0.472 e. The van der Waals surface area contributed by atoms with E-state index in [2.05, 4.69) is 20.7 Å². The zero-order chi connectivity index (χ0) is 12.4. The van der Waals surface area contributed by atoms with Crippen molar-refractivity contribution >= 4 is 33.3 Å². The first-order valence-corrected chi connectivity index (χ1v) is 6.21. The van der Waals surface area contributed by atoms with Gasteiger partial charge in [-0.1, -0.05) is 0 Å². The van der Waals surface area contributed by atoms with Gasteiger partial charge in [0.2, 0.25) is 5.95 Å². The summed E-state index contributed by atoms with van der Waals surface area (Å²) in [4.78, 5) is 9.48. The number of nitrogens with one attached hydrogen (secondary N) is 2. The van der Waals surface area contributed by atoms with Crippen molar-refractivity contribution < 1.29 is 4.42 Å². The SMILES string of the molecule is NNc1nc(NCc2ccoc2)c2ccsc2n1. The molecule has 0 saturated heterocycles. The maximum atomic E-state index is 5.36. The third kappa shape index (κ3) is 2.01. The van der Waals surface area contributed by atoms with E-state index in [0.717, 1.165) is 21.6 Å². The summed E-state index contributed by atoms with van der Waals surface area (Å²) in [6, 6.07) is 3.89. The van der Waals surface area contributed by atoms with Gasteiger partial charge in [-0.15, -0.1) is 11.3 Å². The molecule has 0 aliphatic carbocycles. The van der Waals surface area contributed by atoms with Crippen LogP contribution in [0.4, 0.5) is 11.8 Å². The Hall–Kier alpha value is -2.12. The van der Waals surface area contributed by atoms with Crippen LogP contribution in [0.3, 0.4) is 0 Å². The summed E-state index contributed by atoms with van der Waals surface area (Å²) >= 11 is 1.55. The molecule has 4 N–H and O–H groups in total. The lowest BCUT2D eigenvalue weighted by Crippen LogP contribution is -2.12. The van der Waals surface area contributed by atoms with Gasteiger partial charge in [0, 0.05) is 12.1 Å². The number of hydrogen-bond donors (Lipinski definition) is 3. The average Bonchev–Trinajstić information content (AvgIpc) is 3.06. The van der Waals surface area contributed by atoms with Gasteiger partial charge in [0.25, 0.3) is 0 Å². The van der Waals surface area contributed by atoms with Crippen LogP contribution >= 0.6 is 11.3 Å². The zero-order valence-corrected chi connectivity index (χ0v) is 10.2. The standard InChI is InChI=1S/C11H11N5OS/c12-16-11-14-9(8-2-4-18-10(8)15-11)13-5-7-1-3-17-6-7/h1-4,6H,5,12H2,(H2,13,14,15,16). The molecule has 0 saturated carbocycles. The number of furan rings is 1. The maximum Gasteiger partial charge on any atom is 0.240 e. The molecule has 3 aromatic heterocycles. The molecular weight excluding hydrogens is 250 g/mol. The minimum absolute atomic E-state index is 0.402. The molecule has 0 aliphatic heterocycles. The average molecular weight is 261 g/mol. The number of nitrogens with two attached hydrogens (primary N) is 1. The molecule has 0 atom stereocenters. The molecule has 0 fully saturated rings. The molecule has 3 aromatic rings. The summed E-state index contributed by atoms with van der Waals surface area (Å²) in [5, 5.41) is 6.21. The normalized spacial score (nSPS) is 10.7. The number of nitrogen functional groups attached to an aromatic ring is 1. The van der Waals surface area contributed by atoms with Gasteiger partial charge in [0.1, 0.15) is 10.6 Å². The van der Waals surface area contributed by atoms with Gasteiger partial charge in [0.05, 0.1) is 17.9 Å². The van der Waals surface area contributed by atoms with Crippen molar-refractivity contribution in [1.82, 2.24) is 9.97 Å². The Bertz CT molecular complexity index is 649. The van der Waals surface area contributed by atoms with Crippen LogP contribution in [0, 0.1) is 0 Å². The topological polar surface area (TPSA) is 89.0 Å². The highest BCUT2D eigenvalue weighted by Gasteiger charge is 2.08. The van der Waals surface area contributed by atoms with E-state index < -0.39 is 0 Å². The molecule has 18 heavy (non-hydrogen) atoms. The number of hydrazine groups is 1. The summed E-state index contributed by atoms with van der Waals surface area (Å²) in [6.45, 7) is 0.641. The first kappa shape index (κ1) is 11.0. The molecule has 0 amide bonds. The van der Waals surface area contributed by atoms with Gasteiger partial charge in [-0.05, 0) is 17.5 Å². The van der Waals surface area contributed by atoms with Crippen LogP contribution in [0.2, 0.25) is 0 Å². The van der Waals surface area contributed by atoms with Crippen LogP contribution in [0.5, 0.6) is 0 Å². The van der Waals surface area contributed by atoms with E-state index in [4.69, 9.17) is 10.3 Å². The van der Waals surface area contributed by atoms with Crippen molar-refractivity contribution in [3.05, 3.63) is 35.6 Å². The molecule has 92 valence electrons. The fraction of sp³-hybridized carbons (Fsp3) is 0.0909. The first-order valence-electron chi connectivity index (χ1n) is 5.33. The maximum absolute atomic E-state index is 5.36. The van der Waals surface area contributed by atoms with Crippen LogP contribution in [0.25, 0.3) is 10.2 Å². The van der Waals surface area contributed by atoms with E-state index in [-0.39, 0.29) is 0 Å². The first-order chi connectivity index (χ1) is 8.86. The molecular formula is C11H11N5OS. The Labute approximate surface area is 107 Å². The van der Waals surface area contributed by atoms with Crippen LogP contribution in [0.1, 0.15) is 5.56 Å². The van der Waals surface area contributed by atoms with Crippen molar-refractivity contribution in [3.63, 3.8) is 0 Å².